The predicted octanol–water partition coefficient (Wildman–Crippen LogP) is 1.90. The monoisotopic (exact) mass is 209 g/mol. The molecule has 0 aliphatic carbocycles. The third kappa shape index (κ3) is 3.80. The molecule has 3 nitrogen and oxygen atoms in total. The van der Waals surface area contributed by atoms with Crippen LogP contribution in [0, 0.1) is 0 Å². The lowest BCUT2D eigenvalue weighted by molar-refractivity contribution is 0.0886. The van der Waals surface area contributed by atoms with E-state index in [0.29, 0.717) is 6.54 Å². The first kappa shape index (κ1) is 11.9. The highest BCUT2D eigenvalue weighted by Gasteiger charge is 2.15. The summed E-state index contributed by atoms with van der Waals surface area (Å²) in [5.41, 5.74) is 0.342. The highest BCUT2D eigenvalue weighted by atomic mass is 16.5. The average molecular weight is 209 g/mol. The highest BCUT2D eigenvalue weighted by Crippen LogP contribution is 2.21. The van der Waals surface area contributed by atoms with Crippen LogP contribution in [0.3, 0.4) is 0 Å². The number of nitrogens with zero attached hydrogens (tertiary/aromatic N) is 1. The molecule has 0 spiro atoms. The summed E-state index contributed by atoms with van der Waals surface area (Å²) in [6.45, 7) is 4.17. The van der Waals surface area contributed by atoms with E-state index in [2.05, 4.69) is 0 Å². The summed E-state index contributed by atoms with van der Waals surface area (Å²) in [5, 5.41) is 9.70. The second kappa shape index (κ2) is 4.53. The molecule has 0 aliphatic heterocycles. The summed E-state index contributed by atoms with van der Waals surface area (Å²) in [6, 6.07) is 7.79. The van der Waals surface area contributed by atoms with Gasteiger partial charge in [-0.1, -0.05) is 6.07 Å². The number of methoxy groups -OCH3 is 1. The largest absolute Gasteiger partial charge is 0.497 e. The molecule has 0 radical (unpaired) electrons. The van der Waals surface area contributed by atoms with Gasteiger partial charge < -0.3 is 14.7 Å². The van der Waals surface area contributed by atoms with Crippen molar-refractivity contribution >= 4 is 5.69 Å². The Balaban J connectivity index is 2.77. The first-order valence-electron chi connectivity index (χ1n) is 5.00. The molecule has 0 fully saturated rings. The Hall–Kier alpha value is -1.22. The minimum atomic E-state index is -0.697. The number of ether oxygens (including phenoxy) is 1. The molecule has 3 heteroatoms. The van der Waals surface area contributed by atoms with Crippen molar-refractivity contribution in [2.24, 2.45) is 0 Å². The van der Waals surface area contributed by atoms with Crippen molar-refractivity contribution in [3.05, 3.63) is 24.3 Å². The van der Waals surface area contributed by atoms with E-state index in [9.17, 15) is 5.11 Å². The van der Waals surface area contributed by atoms with Gasteiger partial charge >= 0.3 is 0 Å². The Morgan fingerprint density at radius 3 is 2.60 bits per heavy atom. The van der Waals surface area contributed by atoms with Crippen molar-refractivity contribution in [1.82, 2.24) is 0 Å². The fourth-order valence-corrected chi connectivity index (χ4v) is 1.52. The van der Waals surface area contributed by atoms with Crippen LogP contribution in [-0.4, -0.2) is 31.4 Å². The SMILES string of the molecule is COc1cccc(N(C)CC(C)(C)O)c1. The number of aliphatic hydroxyl groups is 1. The Labute approximate surface area is 91.3 Å². The van der Waals surface area contributed by atoms with Crippen molar-refractivity contribution in [2.45, 2.75) is 19.4 Å². The quantitative estimate of drug-likeness (QED) is 0.822. The van der Waals surface area contributed by atoms with Crippen molar-refractivity contribution in [1.29, 1.82) is 0 Å². The zero-order valence-electron chi connectivity index (χ0n) is 9.82. The Morgan fingerprint density at radius 1 is 1.40 bits per heavy atom. The summed E-state index contributed by atoms with van der Waals surface area (Å²) in [6.07, 6.45) is 0. The van der Waals surface area contributed by atoms with Crippen LogP contribution in [0.2, 0.25) is 0 Å². The number of likely N-dealkylation sites (N-methyl/N-ethyl adjacent to an activating group) is 1. The standard InChI is InChI=1S/C12H19NO2/c1-12(2,14)9-13(3)10-6-5-7-11(8-10)15-4/h5-8,14H,9H2,1-4H3. The van der Waals surface area contributed by atoms with Gasteiger partial charge in [0.15, 0.2) is 0 Å². The van der Waals surface area contributed by atoms with Crippen molar-refractivity contribution in [2.75, 3.05) is 25.6 Å². The molecule has 0 bridgehead atoms. The minimum Gasteiger partial charge on any atom is -0.497 e. The van der Waals surface area contributed by atoms with Gasteiger partial charge in [-0.2, -0.15) is 0 Å². The molecular weight excluding hydrogens is 190 g/mol. The summed E-state index contributed by atoms with van der Waals surface area (Å²) < 4.78 is 5.15. The highest BCUT2D eigenvalue weighted by molar-refractivity contribution is 5.50. The second-order valence-electron chi connectivity index (χ2n) is 4.37. The lowest BCUT2D eigenvalue weighted by Gasteiger charge is -2.27. The van der Waals surface area contributed by atoms with Crippen molar-refractivity contribution in [3.63, 3.8) is 0 Å². The van der Waals surface area contributed by atoms with Crippen LogP contribution < -0.4 is 9.64 Å². The van der Waals surface area contributed by atoms with E-state index in [1.807, 2.05) is 36.2 Å². The molecule has 1 rings (SSSR count). The van der Waals surface area contributed by atoms with Crippen LogP contribution in [0.15, 0.2) is 24.3 Å². The fourth-order valence-electron chi connectivity index (χ4n) is 1.52. The maximum Gasteiger partial charge on any atom is 0.120 e. The summed E-state index contributed by atoms with van der Waals surface area (Å²) in [5.74, 6) is 0.829. The van der Waals surface area contributed by atoms with E-state index >= 15 is 0 Å². The topological polar surface area (TPSA) is 32.7 Å². The average Bonchev–Trinajstić information content (AvgIpc) is 2.15. The first-order chi connectivity index (χ1) is 6.92. The molecule has 0 saturated heterocycles. The van der Waals surface area contributed by atoms with Gasteiger partial charge in [0.2, 0.25) is 0 Å². The zero-order valence-corrected chi connectivity index (χ0v) is 9.82. The third-order valence-electron chi connectivity index (χ3n) is 2.12. The Morgan fingerprint density at radius 2 is 2.07 bits per heavy atom. The van der Waals surface area contributed by atoms with Crippen molar-refractivity contribution in [3.8, 4) is 5.75 Å². The number of hydrogen-bond donors (Lipinski definition) is 1. The summed E-state index contributed by atoms with van der Waals surface area (Å²) >= 11 is 0. The number of anilines is 1. The van der Waals surface area contributed by atoms with Gasteiger partial charge in [-0.15, -0.1) is 0 Å². The van der Waals surface area contributed by atoms with Gasteiger partial charge in [-0.3, -0.25) is 0 Å². The van der Waals surface area contributed by atoms with E-state index in [-0.39, 0.29) is 0 Å². The van der Waals surface area contributed by atoms with Gasteiger partial charge in [0.1, 0.15) is 5.75 Å². The molecule has 0 amide bonds. The van der Waals surface area contributed by atoms with Gasteiger partial charge in [-0.25, -0.2) is 0 Å². The van der Waals surface area contributed by atoms with Gasteiger partial charge in [0, 0.05) is 25.3 Å². The number of rotatable bonds is 4. The number of hydrogen-bond acceptors (Lipinski definition) is 3. The van der Waals surface area contributed by atoms with Crippen LogP contribution >= 0.6 is 0 Å². The molecule has 0 heterocycles. The van der Waals surface area contributed by atoms with Gasteiger partial charge in [-0.05, 0) is 26.0 Å². The molecule has 0 atom stereocenters. The third-order valence-corrected chi connectivity index (χ3v) is 2.12. The lowest BCUT2D eigenvalue weighted by Crippen LogP contribution is -2.36. The van der Waals surface area contributed by atoms with Crippen LogP contribution in [0.4, 0.5) is 5.69 Å². The summed E-state index contributed by atoms with van der Waals surface area (Å²) in [4.78, 5) is 2.00. The molecule has 0 unspecified atom stereocenters. The first-order valence-corrected chi connectivity index (χ1v) is 5.00. The maximum atomic E-state index is 9.70. The molecule has 84 valence electrons. The summed E-state index contributed by atoms with van der Waals surface area (Å²) in [7, 11) is 3.60. The van der Waals surface area contributed by atoms with E-state index < -0.39 is 5.60 Å². The zero-order chi connectivity index (χ0) is 11.5. The second-order valence-corrected chi connectivity index (χ2v) is 4.37. The Kier molecular flexibility index (Phi) is 3.58. The molecule has 1 N–H and O–H groups in total. The fraction of sp³-hybridized carbons (Fsp3) is 0.500. The van der Waals surface area contributed by atoms with E-state index in [0.717, 1.165) is 11.4 Å². The molecular formula is C12H19NO2. The van der Waals surface area contributed by atoms with E-state index in [4.69, 9.17) is 4.74 Å². The van der Waals surface area contributed by atoms with E-state index in [1.165, 1.54) is 0 Å². The molecule has 15 heavy (non-hydrogen) atoms. The van der Waals surface area contributed by atoms with E-state index in [1.54, 1.807) is 21.0 Å². The minimum absolute atomic E-state index is 0.583. The molecule has 1 aromatic rings. The smallest absolute Gasteiger partial charge is 0.120 e. The molecule has 0 aliphatic rings. The van der Waals surface area contributed by atoms with Gasteiger partial charge in [0.05, 0.1) is 12.7 Å². The van der Waals surface area contributed by atoms with Crippen LogP contribution in [0.1, 0.15) is 13.8 Å². The Bertz CT molecular complexity index is 318. The van der Waals surface area contributed by atoms with Crippen LogP contribution in [-0.2, 0) is 0 Å². The molecule has 1 aromatic carbocycles. The van der Waals surface area contributed by atoms with Crippen LogP contribution in [0.25, 0.3) is 0 Å². The number of benzene rings is 1. The maximum absolute atomic E-state index is 9.70. The molecule has 0 saturated carbocycles. The predicted molar refractivity (Wildman–Crippen MR) is 62.6 cm³/mol. The lowest BCUT2D eigenvalue weighted by atomic mass is 10.1. The molecule has 0 aromatic heterocycles. The van der Waals surface area contributed by atoms with Crippen molar-refractivity contribution < 1.29 is 9.84 Å². The van der Waals surface area contributed by atoms with Crippen LogP contribution in [0.5, 0.6) is 5.75 Å². The van der Waals surface area contributed by atoms with Gasteiger partial charge in [0.25, 0.3) is 0 Å². The normalized spacial score (nSPS) is 11.3.